The van der Waals surface area contributed by atoms with Gasteiger partial charge in [-0.25, -0.2) is 4.79 Å². The van der Waals surface area contributed by atoms with Gasteiger partial charge in [0.25, 0.3) is 5.91 Å². The molecule has 0 spiro atoms. The molecule has 0 fully saturated rings. The van der Waals surface area contributed by atoms with E-state index >= 15 is 0 Å². The van der Waals surface area contributed by atoms with Crippen LogP contribution in [0, 0.1) is 0 Å². The normalized spacial score (nSPS) is 11.6. The molecule has 0 unspecified atom stereocenters. The highest BCUT2D eigenvalue weighted by Gasteiger charge is 2.19. The Labute approximate surface area is 167 Å². The average molecular weight is 395 g/mol. The van der Waals surface area contributed by atoms with E-state index in [0.717, 1.165) is 5.56 Å². The molecule has 150 valence electrons. The highest BCUT2D eigenvalue weighted by atomic mass is 16.5. The Morgan fingerprint density at radius 1 is 0.966 bits per heavy atom. The predicted octanol–water partition coefficient (Wildman–Crippen LogP) is 2.51. The number of aromatic nitrogens is 2. The molecule has 1 atom stereocenters. The van der Waals surface area contributed by atoms with E-state index in [0.29, 0.717) is 28.1 Å². The zero-order valence-corrected chi connectivity index (χ0v) is 16.3. The lowest BCUT2D eigenvalue weighted by atomic mass is 10.2. The highest BCUT2D eigenvalue weighted by Crippen LogP contribution is 2.27. The summed E-state index contributed by atoms with van der Waals surface area (Å²) in [4.78, 5) is 33.0. The number of benzene rings is 2. The van der Waals surface area contributed by atoms with Crippen LogP contribution >= 0.6 is 0 Å². The minimum Gasteiger partial charge on any atom is -0.493 e. The summed E-state index contributed by atoms with van der Waals surface area (Å²) >= 11 is 0. The molecule has 29 heavy (non-hydrogen) atoms. The number of esters is 1. The van der Waals surface area contributed by atoms with Gasteiger partial charge in [0.1, 0.15) is 0 Å². The second kappa shape index (κ2) is 9.01. The number of carbonyl (C=O) groups is 2. The maximum atomic E-state index is 12.4. The van der Waals surface area contributed by atoms with Gasteiger partial charge in [0.15, 0.2) is 17.6 Å². The van der Waals surface area contributed by atoms with Crippen LogP contribution in [0.2, 0.25) is 0 Å². The number of fused-ring (bicyclic) bond motifs is 1. The molecule has 8 heteroatoms. The number of hydrogen-bond acceptors (Lipinski definition) is 7. The van der Waals surface area contributed by atoms with Crippen molar-refractivity contribution >= 4 is 22.9 Å². The summed E-state index contributed by atoms with van der Waals surface area (Å²) in [5.41, 5.74) is 2.37. The Hall–Kier alpha value is -3.68. The van der Waals surface area contributed by atoms with Crippen LogP contribution in [-0.4, -0.2) is 42.2 Å². The molecule has 0 aliphatic rings. The Kier molecular flexibility index (Phi) is 6.23. The van der Waals surface area contributed by atoms with Crippen molar-refractivity contribution in [2.45, 2.75) is 19.6 Å². The van der Waals surface area contributed by atoms with Gasteiger partial charge in [-0.1, -0.05) is 6.07 Å². The number of amides is 1. The minimum absolute atomic E-state index is 0.257. The average Bonchev–Trinajstić information content (AvgIpc) is 2.76. The van der Waals surface area contributed by atoms with E-state index in [9.17, 15) is 9.59 Å². The number of rotatable bonds is 7. The molecule has 0 saturated heterocycles. The van der Waals surface area contributed by atoms with Gasteiger partial charge in [0.2, 0.25) is 0 Å². The number of methoxy groups -OCH3 is 2. The van der Waals surface area contributed by atoms with Crippen molar-refractivity contribution in [3.05, 3.63) is 59.9 Å². The SMILES string of the molecule is COc1ccc(CNC(=O)[C@@H](C)OC(=O)c2ccc3nccnc3c2)cc1OC. The molecule has 0 saturated carbocycles. The number of nitrogens with zero attached hydrogens (tertiary/aromatic N) is 2. The molecule has 3 aromatic rings. The topological polar surface area (TPSA) is 99.6 Å². The second-order valence-corrected chi connectivity index (χ2v) is 6.21. The Balaban J connectivity index is 1.59. The molecule has 1 amide bonds. The Morgan fingerprint density at radius 3 is 2.41 bits per heavy atom. The van der Waals surface area contributed by atoms with Crippen LogP contribution in [0.4, 0.5) is 0 Å². The van der Waals surface area contributed by atoms with E-state index in [2.05, 4.69) is 15.3 Å². The Morgan fingerprint density at radius 2 is 1.69 bits per heavy atom. The zero-order chi connectivity index (χ0) is 20.8. The molecule has 0 bridgehead atoms. The van der Waals surface area contributed by atoms with Crippen LogP contribution in [0.3, 0.4) is 0 Å². The fraction of sp³-hybridized carbons (Fsp3) is 0.238. The first kappa shape index (κ1) is 20.1. The van der Waals surface area contributed by atoms with E-state index in [1.165, 1.54) is 6.92 Å². The van der Waals surface area contributed by atoms with Crippen molar-refractivity contribution in [2.24, 2.45) is 0 Å². The minimum atomic E-state index is -0.958. The molecular weight excluding hydrogens is 374 g/mol. The second-order valence-electron chi connectivity index (χ2n) is 6.21. The molecule has 0 radical (unpaired) electrons. The molecule has 8 nitrogen and oxygen atoms in total. The lowest BCUT2D eigenvalue weighted by Crippen LogP contribution is -2.35. The van der Waals surface area contributed by atoms with Gasteiger partial charge in [-0.15, -0.1) is 0 Å². The molecule has 3 rings (SSSR count). The standard InChI is InChI=1S/C21H21N3O5/c1-13(20(25)24-12-14-4-7-18(27-2)19(10-14)28-3)29-21(26)15-5-6-16-17(11-15)23-9-8-22-16/h4-11,13H,12H2,1-3H3,(H,24,25)/t13-/m1/s1. The molecule has 0 aliphatic heterocycles. The van der Waals surface area contributed by atoms with Crippen LogP contribution in [0.5, 0.6) is 11.5 Å². The highest BCUT2D eigenvalue weighted by molar-refractivity contribution is 5.95. The third-order valence-electron chi connectivity index (χ3n) is 4.27. The van der Waals surface area contributed by atoms with Gasteiger partial charge in [-0.2, -0.15) is 0 Å². The molecule has 1 aromatic heterocycles. The first-order valence-corrected chi connectivity index (χ1v) is 8.92. The molecule has 1 heterocycles. The summed E-state index contributed by atoms with van der Waals surface area (Å²) in [7, 11) is 3.09. The van der Waals surface area contributed by atoms with Crippen LogP contribution in [0.25, 0.3) is 11.0 Å². The summed E-state index contributed by atoms with van der Waals surface area (Å²) in [6.45, 7) is 1.77. The van der Waals surface area contributed by atoms with Crippen molar-refractivity contribution in [1.82, 2.24) is 15.3 Å². The van der Waals surface area contributed by atoms with Crippen LogP contribution in [-0.2, 0) is 16.1 Å². The third-order valence-corrected chi connectivity index (χ3v) is 4.27. The molecule has 1 N–H and O–H groups in total. The summed E-state index contributed by atoms with van der Waals surface area (Å²) in [5, 5.41) is 2.74. The summed E-state index contributed by atoms with van der Waals surface area (Å²) in [5.74, 6) is 0.156. The number of carbonyl (C=O) groups excluding carboxylic acids is 2. The van der Waals surface area contributed by atoms with E-state index in [4.69, 9.17) is 14.2 Å². The smallest absolute Gasteiger partial charge is 0.338 e. The summed E-state index contributed by atoms with van der Waals surface area (Å²) in [6, 6.07) is 10.2. The summed E-state index contributed by atoms with van der Waals surface area (Å²) < 4.78 is 15.7. The van der Waals surface area contributed by atoms with Crippen molar-refractivity contribution in [2.75, 3.05) is 14.2 Å². The van der Waals surface area contributed by atoms with Crippen molar-refractivity contribution in [1.29, 1.82) is 0 Å². The van der Waals surface area contributed by atoms with Gasteiger partial charge >= 0.3 is 5.97 Å². The van der Waals surface area contributed by atoms with Crippen molar-refractivity contribution in [3.63, 3.8) is 0 Å². The van der Waals surface area contributed by atoms with E-state index in [-0.39, 0.29) is 6.54 Å². The van der Waals surface area contributed by atoms with E-state index in [1.807, 2.05) is 6.07 Å². The first-order valence-electron chi connectivity index (χ1n) is 8.92. The van der Waals surface area contributed by atoms with Gasteiger partial charge < -0.3 is 19.5 Å². The largest absolute Gasteiger partial charge is 0.493 e. The lowest BCUT2D eigenvalue weighted by Gasteiger charge is -2.14. The van der Waals surface area contributed by atoms with Crippen LogP contribution in [0.15, 0.2) is 48.8 Å². The van der Waals surface area contributed by atoms with Crippen molar-refractivity contribution in [3.8, 4) is 11.5 Å². The van der Waals surface area contributed by atoms with Gasteiger partial charge in [0, 0.05) is 18.9 Å². The maximum Gasteiger partial charge on any atom is 0.338 e. The van der Waals surface area contributed by atoms with Gasteiger partial charge in [-0.3, -0.25) is 14.8 Å². The number of hydrogen-bond donors (Lipinski definition) is 1. The maximum absolute atomic E-state index is 12.4. The van der Waals surface area contributed by atoms with Crippen LogP contribution < -0.4 is 14.8 Å². The molecule has 2 aromatic carbocycles. The van der Waals surface area contributed by atoms with E-state index in [1.54, 1.807) is 56.9 Å². The lowest BCUT2D eigenvalue weighted by molar-refractivity contribution is -0.129. The predicted molar refractivity (Wildman–Crippen MR) is 106 cm³/mol. The molecule has 0 aliphatic carbocycles. The fourth-order valence-corrected chi connectivity index (χ4v) is 2.70. The summed E-state index contributed by atoms with van der Waals surface area (Å²) in [6.07, 6.45) is 2.16. The van der Waals surface area contributed by atoms with Gasteiger partial charge in [-0.05, 0) is 42.8 Å². The zero-order valence-electron chi connectivity index (χ0n) is 16.3. The monoisotopic (exact) mass is 395 g/mol. The quantitative estimate of drug-likeness (QED) is 0.614. The third kappa shape index (κ3) is 4.78. The first-order chi connectivity index (χ1) is 14.0. The van der Waals surface area contributed by atoms with Crippen molar-refractivity contribution < 1.29 is 23.8 Å². The fourth-order valence-electron chi connectivity index (χ4n) is 2.70. The number of ether oxygens (including phenoxy) is 3. The van der Waals surface area contributed by atoms with Crippen LogP contribution in [0.1, 0.15) is 22.8 Å². The van der Waals surface area contributed by atoms with Gasteiger partial charge in [0.05, 0.1) is 30.8 Å². The molecular formula is C21H21N3O5. The number of nitrogens with one attached hydrogen (secondary N) is 1. The van der Waals surface area contributed by atoms with E-state index < -0.39 is 18.0 Å². The Bertz CT molecular complexity index is 1040.